The van der Waals surface area contributed by atoms with Crippen molar-refractivity contribution in [3.63, 3.8) is 0 Å². The zero-order valence-electron chi connectivity index (χ0n) is 8.72. The van der Waals surface area contributed by atoms with Crippen LogP contribution in [0, 0.1) is 0 Å². The molecule has 1 saturated heterocycles. The van der Waals surface area contributed by atoms with E-state index in [1.807, 2.05) is 18.2 Å². The second-order valence-corrected chi connectivity index (χ2v) is 3.62. The van der Waals surface area contributed by atoms with Gasteiger partial charge in [-0.15, -0.1) is 0 Å². The molecule has 1 aromatic heterocycles. The van der Waals surface area contributed by atoms with E-state index in [0.29, 0.717) is 0 Å². The van der Waals surface area contributed by atoms with Crippen molar-refractivity contribution in [2.24, 2.45) is 0 Å². The summed E-state index contributed by atoms with van der Waals surface area (Å²) >= 11 is 0. The summed E-state index contributed by atoms with van der Waals surface area (Å²) in [5.41, 5.74) is 0.992. The highest BCUT2D eigenvalue weighted by molar-refractivity contribution is 5.76. The molecule has 1 aromatic rings. The normalized spacial score (nSPS) is 20.7. The lowest BCUT2D eigenvalue weighted by atomic mass is 10.0. The summed E-state index contributed by atoms with van der Waals surface area (Å²) in [6, 6.07) is 5.73. The molecule has 0 radical (unpaired) electrons. The minimum absolute atomic E-state index is 0.0722. The number of esters is 1. The van der Waals surface area contributed by atoms with Gasteiger partial charge in [0.2, 0.25) is 0 Å². The lowest BCUT2D eigenvalue weighted by Crippen LogP contribution is -2.52. The Labute approximate surface area is 88.9 Å². The number of hydrogen-bond acceptors (Lipinski definition) is 4. The number of nitrogens with zero attached hydrogens (tertiary/aromatic N) is 2. The Bertz CT molecular complexity index is 340. The van der Waals surface area contributed by atoms with Gasteiger partial charge in [-0.1, -0.05) is 6.07 Å². The number of hydrogen-bond donors (Lipinski definition) is 0. The second kappa shape index (κ2) is 4.40. The van der Waals surface area contributed by atoms with Crippen LogP contribution in [0.2, 0.25) is 0 Å². The third-order valence-electron chi connectivity index (χ3n) is 2.70. The molecule has 2 rings (SSSR count). The van der Waals surface area contributed by atoms with Crippen molar-refractivity contribution < 1.29 is 9.53 Å². The van der Waals surface area contributed by atoms with E-state index in [1.165, 1.54) is 7.11 Å². The molecule has 80 valence electrons. The van der Waals surface area contributed by atoms with E-state index >= 15 is 0 Å². The highest BCUT2D eigenvalue weighted by Crippen LogP contribution is 2.20. The standard InChI is InChI=1S/C11H14N2O2/c1-15-11(14)10-5-7-13(10)8-9-4-2-3-6-12-9/h2-4,6,10H,5,7-8H2,1H3. The molecule has 4 heteroatoms. The van der Waals surface area contributed by atoms with Gasteiger partial charge in [-0.05, 0) is 18.6 Å². The van der Waals surface area contributed by atoms with Crippen molar-refractivity contribution in [3.8, 4) is 0 Å². The largest absolute Gasteiger partial charge is 0.468 e. The number of pyridine rings is 1. The molecule has 0 spiro atoms. The minimum atomic E-state index is -0.141. The predicted molar refractivity (Wildman–Crippen MR) is 55.1 cm³/mol. The number of carbonyl (C=O) groups is 1. The molecule has 1 fully saturated rings. The maximum absolute atomic E-state index is 11.3. The number of rotatable bonds is 3. The van der Waals surface area contributed by atoms with Gasteiger partial charge in [-0.3, -0.25) is 14.7 Å². The maximum atomic E-state index is 11.3. The van der Waals surface area contributed by atoms with Gasteiger partial charge in [0.15, 0.2) is 0 Å². The first-order chi connectivity index (χ1) is 7.31. The summed E-state index contributed by atoms with van der Waals surface area (Å²) in [4.78, 5) is 17.6. The number of methoxy groups -OCH3 is 1. The van der Waals surface area contributed by atoms with Crippen LogP contribution < -0.4 is 0 Å². The summed E-state index contributed by atoms with van der Waals surface area (Å²) in [5, 5.41) is 0. The number of ether oxygens (including phenoxy) is 1. The van der Waals surface area contributed by atoms with Gasteiger partial charge in [-0.2, -0.15) is 0 Å². The molecule has 0 amide bonds. The number of likely N-dealkylation sites (tertiary alicyclic amines) is 1. The van der Waals surface area contributed by atoms with Gasteiger partial charge in [-0.25, -0.2) is 0 Å². The van der Waals surface area contributed by atoms with Crippen molar-refractivity contribution in [2.45, 2.75) is 19.0 Å². The SMILES string of the molecule is COC(=O)C1CCN1Cc1ccccn1. The zero-order chi connectivity index (χ0) is 10.7. The Morgan fingerprint density at radius 2 is 2.53 bits per heavy atom. The van der Waals surface area contributed by atoms with Crippen LogP contribution in [0.4, 0.5) is 0 Å². The van der Waals surface area contributed by atoms with Gasteiger partial charge < -0.3 is 4.74 Å². The van der Waals surface area contributed by atoms with E-state index in [1.54, 1.807) is 6.20 Å². The number of carbonyl (C=O) groups excluding carboxylic acids is 1. The molecule has 4 nitrogen and oxygen atoms in total. The molecule has 1 unspecified atom stereocenters. The summed E-state index contributed by atoms with van der Waals surface area (Å²) in [7, 11) is 1.43. The van der Waals surface area contributed by atoms with Crippen molar-refractivity contribution in [3.05, 3.63) is 30.1 Å². The first-order valence-electron chi connectivity index (χ1n) is 5.03. The first-order valence-corrected chi connectivity index (χ1v) is 5.03. The van der Waals surface area contributed by atoms with E-state index in [9.17, 15) is 4.79 Å². The summed E-state index contributed by atoms with van der Waals surface area (Å²) in [6.45, 7) is 1.66. The lowest BCUT2D eigenvalue weighted by molar-refractivity contribution is -0.152. The van der Waals surface area contributed by atoms with Gasteiger partial charge >= 0.3 is 5.97 Å². The van der Waals surface area contributed by atoms with Crippen LogP contribution >= 0.6 is 0 Å². The fraction of sp³-hybridized carbons (Fsp3) is 0.455. The highest BCUT2D eigenvalue weighted by Gasteiger charge is 2.34. The maximum Gasteiger partial charge on any atom is 0.323 e. The molecule has 1 aliphatic rings. The summed E-state index contributed by atoms with van der Waals surface area (Å²) < 4.78 is 4.72. The van der Waals surface area contributed by atoms with Crippen LogP contribution in [0.25, 0.3) is 0 Å². The van der Waals surface area contributed by atoms with Crippen LogP contribution in [0.3, 0.4) is 0 Å². The Hall–Kier alpha value is -1.42. The van der Waals surface area contributed by atoms with Crippen molar-refractivity contribution in [1.29, 1.82) is 0 Å². The molecule has 0 bridgehead atoms. The minimum Gasteiger partial charge on any atom is -0.468 e. The van der Waals surface area contributed by atoms with Crippen LogP contribution in [0.1, 0.15) is 12.1 Å². The summed E-state index contributed by atoms with van der Waals surface area (Å²) in [5.74, 6) is -0.141. The number of aromatic nitrogens is 1. The average molecular weight is 206 g/mol. The topological polar surface area (TPSA) is 42.4 Å². The van der Waals surface area contributed by atoms with Gasteiger partial charge in [0.1, 0.15) is 6.04 Å². The lowest BCUT2D eigenvalue weighted by Gasteiger charge is -2.38. The Morgan fingerprint density at radius 1 is 1.67 bits per heavy atom. The van der Waals surface area contributed by atoms with Crippen LogP contribution in [-0.2, 0) is 16.1 Å². The molecule has 0 N–H and O–H groups in total. The monoisotopic (exact) mass is 206 g/mol. The molecule has 15 heavy (non-hydrogen) atoms. The van der Waals surface area contributed by atoms with Gasteiger partial charge in [0, 0.05) is 19.3 Å². The smallest absolute Gasteiger partial charge is 0.323 e. The van der Waals surface area contributed by atoms with Crippen LogP contribution in [-0.4, -0.2) is 35.5 Å². The molecule has 0 saturated carbocycles. The molecule has 1 aliphatic heterocycles. The van der Waals surface area contributed by atoms with E-state index in [-0.39, 0.29) is 12.0 Å². The third-order valence-corrected chi connectivity index (χ3v) is 2.70. The van der Waals surface area contributed by atoms with E-state index in [4.69, 9.17) is 4.74 Å². The molecule has 0 aromatic carbocycles. The fourth-order valence-corrected chi connectivity index (χ4v) is 1.73. The second-order valence-electron chi connectivity index (χ2n) is 3.62. The molecule has 0 aliphatic carbocycles. The Balaban J connectivity index is 1.94. The molecular weight excluding hydrogens is 192 g/mol. The fourth-order valence-electron chi connectivity index (χ4n) is 1.73. The van der Waals surface area contributed by atoms with Crippen LogP contribution in [0.15, 0.2) is 24.4 Å². The predicted octanol–water partition coefficient (Wildman–Crippen LogP) is 0.829. The van der Waals surface area contributed by atoms with E-state index < -0.39 is 0 Å². The summed E-state index contributed by atoms with van der Waals surface area (Å²) in [6.07, 6.45) is 2.65. The Morgan fingerprint density at radius 3 is 3.07 bits per heavy atom. The average Bonchev–Trinajstić information content (AvgIpc) is 2.25. The Kier molecular flexibility index (Phi) is 2.97. The van der Waals surface area contributed by atoms with E-state index in [0.717, 1.165) is 25.2 Å². The highest BCUT2D eigenvalue weighted by atomic mass is 16.5. The quantitative estimate of drug-likeness (QED) is 0.687. The van der Waals surface area contributed by atoms with E-state index in [2.05, 4.69) is 9.88 Å². The molecule has 1 atom stereocenters. The van der Waals surface area contributed by atoms with Crippen molar-refractivity contribution in [1.82, 2.24) is 9.88 Å². The van der Waals surface area contributed by atoms with Gasteiger partial charge in [0.05, 0.1) is 12.8 Å². The first kappa shape index (κ1) is 10.1. The van der Waals surface area contributed by atoms with Crippen molar-refractivity contribution >= 4 is 5.97 Å². The third kappa shape index (κ3) is 2.15. The zero-order valence-corrected chi connectivity index (χ0v) is 8.72. The van der Waals surface area contributed by atoms with Crippen LogP contribution in [0.5, 0.6) is 0 Å². The van der Waals surface area contributed by atoms with Gasteiger partial charge in [0.25, 0.3) is 0 Å². The molecule has 2 heterocycles. The van der Waals surface area contributed by atoms with Crippen molar-refractivity contribution in [2.75, 3.05) is 13.7 Å². The molecular formula is C11H14N2O2.